The Bertz CT molecular complexity index is 821. The summed E-state index contributed by atoms with van der Waals surface area (Å²) in [6, 6.07) is -0.919. The molecule has 4 saturated carbocycles. The van der Waals surface area contributed by atoms with Crippen LogP contribution in [0.2, 0.25) is 0 Å². The molecule has 0 spiro atoms. The molecule has 0 aromatic rings. The highest BCUT2D eigenvalue weighted by Gasteiger charge is 2.67. The fraction of sp³-hybridized carbons (Fsp3) is 0.926. The van der Waals surface area contributed by atoms with Crippen molar-refractivity contribution in [2.24, 2.45) is 46.3 Å². The first-order valence-corrected chi connectivity index (χ1v) is 13.6. The Labute approximate surface area is 208 Å². The number of fused-ring (bicyclic) bond motifs is 5. The van der Waals surface area contributed by atoms with Crippen molar-refractivity contribution in [2.45, 2.75) is 110 Å². The van der Waals surface area contributed by atoms with Gasteiger partial charge in [0.15, 0.2) is 0 Å². The summed E-state index contributed by atoms with van der Waals surface area (Å²) in [5.41, 5.74) is -0.803. The van der Waals surface area contributed by atoms with E-state index in [0.29, 0.717) is 32.1 Å². The quantitative estimate of drug-likeness (QED) is 0.330. The van der Waals surface area contributed by atoms with E-state index in [9.17, 15) is 30.0 Å². The Morgan fingerprint density at radius 1 is 0.914 bits per heavy atom. The molecule has 200 valence electrons. The lowest BCUT2D eigenvalue weighted by Crippen LogP contribution is -2.65. The van der Waals surface area contributed by atoms with Crippen molar-refractivity contribution in [1.29, 1.82) is 0 Å². The Balaban J connectivity index is 1.50. The third-order valence-electron chi connectivity index (χ3n) is 11.2. The van der Waals surface area contributed by atoms with Crippen molar-refractivity contribution < 1.29 is 35.1 Å². The van der Waals surface area contributed by atoms with Crippen LogP contribution >= 0.6 is 0 Å². The summed E-state index contributed by atoms with van der Waals surface area (Å²) < 4.78 is 0. The maximum atomic E-state index is 12.3. The number of aliphatic hydroxyl groups is 4. The number of hydrogen-bond donors (Lipinski definition) is 6. The lowest BCUT2D eigenvalue weighted by molar-refractivity contribution is -0.234. The van der Waals surface area contributed by atoms with Crippen molar-refractivity contribution in [3.63, 3.8) is 0 Å². The van der Waals surface area contributed by atoms with Crippen LogP contribution in [0.3, 0.4) is 0 Å². The van der Waals surface area contributed by atoms with Gasteiger partial charge in [0.2, 0.25) is 5.91 Å². The fourth-order valence-electron chi connectivity index (χ4n) is 9.14. The Morgan fingerprint density at radius 2 is 1.57 bits per heavy atom. The first-order chi connectivity index (χ1) is 16.3. The zero-order chi connectivity index (χ0) is 25.9. The number of hydrogen-bond acceptors (Lipinski definition) is 6. The van der Waals surface area contributed by atoms with Crippen molar-refractivity contribution >= 4 is 11.9 Å². The van der Waals surface area contributed by atoms with Crippen molar-refractivity contribution in [2.75, 3.05) is 0 Å². The van der Waals surface area contributed by atoms with Gasteiger partial charge < -0.3 is 30.8 Å². The zero-order valence-electron chi connectivity index (χ0n) is 21.6. The van der Waals surface area contributed by atoms with Gasteiger partial charge in [-0.25, -0.2) is 0 Å². The minimum Gasteiger partial charge on any atom is -0.480 e. The van der Waals surface area contributed by atoms with Crippen LogP contribution in [0, 0.1) is 46.3 Å². The molecule has 0 aliphatic heterocycles. The number of aliphatic hydroxyl groups excluding tert-OH is 4. The molecule has 0 aromatic heterocycles. The van der Waals surface area contributed by atoms with Crippen LogP contribution in [0.15, 0.2) is 0 Å². The fourth-order valence-corrected chi connectivity index (χ4v) is 9.14. The molecule has 0 aromatic carbocycles. The average Bonchev–Trinajstić information content (AvgIpc) is 3.13. The minimum absolute atomic E-state index is 0.00386. The van der Waals surface area contributed by atoms with Gasteiger partial charge in [0, 0.05) is 6.42 Å². The van der Waals surface area contributed by atoms with E-state index in [0.717, 1.165) is 12.8 Å². The summed E-state index contributed by atoms with van der Waals surface area (Å²) in [5.74, 6) is -0.780. The van der Waals surface area contributed by atoms with Gasteiger partial charge in [0.1, 0.15) is 6.04 Å². The molecule has 6 N–H and O–H groups in total. The number of carbonyl (C=O) groups excluding carboxylic acids is 1. The van der Waals surface area contributed by atoms with E-state index in [1.807, 2.05) is 0 Å². The monoisotopic (exact) mass is 495 g/mol. The van der Waals surface area contributed by atoms with E-state index >= 15 is 0 Å². The SMILES string of the molecule is CC(NC(=O)CCC(C)C1CCC2C3C(O)CC4CC(O)CC(O)C4(C)C3CC(O)C12C)C(=O)O. The molecule has 0 saturated heterocycles. The van der Waals surface area contributed by atoms with E-state index in [-0.39, 0.29) is 53.3 Å². The van der Waals surface area contributed by atoms with Crippen LogP contribution in [0.1, 0.15) is 79.1 Å². The summed E-state index contributed by atoms with van der Waals surface area (Å²) in [7, 11) is 0. The maximum absolute atomic E-state index is 12.3. The molecule has 13 unspecified atom stereocenters. The van der Waals surface area contributed by atoms with Gasteiger partial charge in [-0.2, -0.15) is 0 Å². The molecule has 13 atom stereocenters. The molecule has 0 heterocycles. The Hall–Kier alpha value is -1.22. The van der Waals surface area contributed by atoms with E-state index < -0.39 is 41.8 Å². The molecule has 0 radical (unpaired) electrons. The van der Waals surface area contributed by atoms with Crippen LogP contribution in [0.5, 0.6) is 0 Å². The Kier molecular flexibility index (Phi) is 7.35. The van der Waals surface area contributed by atoms with Gasteiger partial charge in [-0.15, -0.1) is 0 Å². The average molecular weight is 496 g/mol. The molecule has 4 fully saturated rings. The zero-order valence-corrected chi connectivity index (χ0v) is 21.6. The maximum Gasteiger partial charge on any atom is 0.325 e. The van der Waals surface area contributed by atoms with Crippen molar-refractivity contribution in [1.82, 2.24) is 5.32 Å². The van der Waals surface area contributed by atoms with Gasteiger partial charge >= 0.3 is 5.97 Å². The van der Waals surface area contributed by atoms with Crippen molar-refractivity contribution in [3.8, 4) is 0 Å². The van der Waals surface area contributed by atoms with E-state index in [1.54, 1.807) is 0 Å². The summed E-state index contributed by atoms with van der Waals surface area (Å²) >= 11 is 0. The molecular formula is C27H45NO7. The van der Waals surface area contributed by atoms with Crippen LogP contribution in [-0.2, 0) is 9.59 Å². The molecule has 4 rings (SSSR count). The lowest BCUT2D eigenvalue weighted by atomic mass is 9.42. The first kappa shape index (κ1) is 26.8. The van der Waals surface area contributed by atoms with Crippen LogP contribution < -0.4 is 5.32 Å². The molecule has 0 bridgehead atoms. The molecule has 4 aliphatic rings. The standard InChI is InChI=1S/C27H45NO7/c1-13(5-8-23(33)28-14(2)25(34)35)17-6-7-18-24-19(12-22(32)27(17,18)4)26(3)15(10-20(24)30)9-16(29)11-21(26)31/h13-22,24,29-32H,5-12H2,1-4H3,(H,28,33)(H,34,35). The smallest absolute Gasteiger partial charge is 0.325 e. The molecular weight excluding hydrogens is 450 g/mol. The first-order valence-electron chi connectivity index (χ1n) is 13.6. The second-order valence-electron chi connectivity index (χ2n) is 12.7. The normalized spacial score (nSPS) is 48.7. The summed E-state index contributed by atoms with van der Waals surface area (Å²) in [6.07, 6.45) is 2.49. The van der Waals surface area contributed by atoms with Crippen LogP contribution in [0.25, 0.3) is 0 Å². The summed E-state index contributed by atoms with van der Waals surface area (Å²) in [6.45, 7) is 7.83. The van der Waals surface area contributed by atoms with Gasteiger partial charge in [-0.05, 0) is 98.2 Å². The third kappa shape index (κ3) is 4.32. The van der Waals surface area contributed by atoms with Gasteiger partial charge in [0.25, 0.3) is 0 Å². The lowest BCUT2D eigenvalue weighted by Gasteiger charge is -2.64. The van der Waals surface area contributed by atoms with E-state index in [2.05, 4.69) is 26.1 Å². The van der Waals surface area contributed by atoms with Gasteiger partial charge in [-0.3, -0.25) is 9.59 Å². The number of amides is 1. The molecule has 4 aliphatic carbocycles. The number of aliphatic carboxylic acids is 1. The minimum atomic E-state index is -1.06. The second-order valence-corrected chi connectivity index (χ2v) is 12.7. The summed E-state index contributed by atoms with van der Waals surface area (Å²) in [5, 5.41) is 55.9. The molecule has 8 heteroatoms. The Morgan fingerprint density at radius 3 is 2.23 bits per heavy atom. The van der Waals surface area contributed by atoms with Crippen LogP contribution in [-0.4, -0.2) is 67.9 Å². The molecule has 35 heavy (non-hydrogen) atoms. The molecule has 1 amide bonds. The number of nitrogens with one attached hydrogen (secondary N) is 1. The predicted octanol–water partition coefficient (Wildman–Crippen LogP) is 1.92. The van der Waals surface area contributed by atoms with E-state index in [1.165, 1.54) is 6.92 Å². The largest absolute Gasteiger partial charge is 0.480 e. The third-order valence-corrected chi connectivity index (χ3v) is 11.2. The second kappa shape index (κ2) is 9.58. The van der Waals surface area contributed by atoms with E-state index in [4.69, 9.17) is 5.11 Å². The number of carboxylic acid groups (broad SMARTS) is 1. The highest BCUT2D eigenvalue weighted by Crippen LogP contribution is 2.68. The highest BCUT2D eigenvalue weighted by molar-refractivity contribution is 5.83. The van der Waals surface area contributed by atoms with Crippen molar-refractivity contribution in [3.05, 3.63) is 0 Å². The number of carbonyl (C=O) groups is 2. The molecule has 8 nitrogen and oxygen atoms in total. The number of rotatable bonds is 6. The topological polar surface area (TPSA) is 147 Å². The number of carboxylic acids is 1. The highest BCUT2D eigenvalue weighted by atomic mass is 16.4. The van der Waals surface area contributed by atoms with Gasteiger partial charge in [-0.1, -0.05) is 20.8 Å². The van der Waals surface area contributed by atoms with Gasteiger partial charge in [0.05, 0.1) is 24.4 Å². The predicted molar refractivity (Wildman–Crippen MR) is 129 cm³/mol. The van der Waals surface area contributed by atoms with Crippen LogP contribution in [0.4, 0.5) is 0 Å². The summed E-state index contributed by atoms with van der Waals surface area (Å²) in [4.78, 5) is 23.3.